The number of allylic oxidation sites excluding steroid dienone is 1. The van der Waals surface area contributed by atoms with Gasteiger partial charge in [-0.1, -0.05) is 23.7 Å². The van der Waals surface area contributed by atoms with Crippen molar-refractivity contribution in [1.82, 2.24) is 0 Å². The molecule has 0 saturated carbocycles. The van der Waals surface area contributed by atoms with Crippen LogP contribution < -0.4 is 5.73 Å². The van der Waals surface area contributed by atoms with Crippen molar-refractivity contribution in [2.75, 3.05) is 0 Å². The molecule has 0 amide bonds. The molecule has 0 bridgehead atoms. The molecule has 2 nitrogen and oxygen atoms in total. The highest BCUT2D eigenvalue weighted by Crippen LogP contribution is 2.25. The van der Waals surface area contributed by atoms with Gasteiger partial charge in [0.15, 0.2) is 0 Å². The summed E-state index contributed by atoms with van der Waals surface area (Å²) in [7, 11) is 0. The largest absolute Gasteiger partial charge is 0.397 e. The first-order valence-corrected chi connectivity index (χ1v) is 4.26. The summed E-state index contributed by atoms with van der Waals surface area (Å²) >= 11 is 5.69. The van der Waals surface area contributed by atoms with Crippen molar-refractivity contribution < 1.29 is 4.39 Å². The van der Waals surface area contributed by atoms with Gasteiger partial charge in [0.1, 0.15) is 5.82 Å². The van der Waals surface area contributed by atoms with Crippen LogP contribution in [0.15, 0.2) is 23.8 Å². The molecular formula is C10H8ClFN2. The van der Waals surface area contributed by atoms with E-state index in [0.29, 0.717) is 11.1 Å². The number of halogens is 2. The Kier molecular flexibility index (Phi) is 3.10. The molecule has 0 aliphatic heterocycles. The van der Waals surface area contributed by atoms with Crippen molar-refractivity contribution in [2.45, 2.75) is 6.92 Å². The van der Waals surface area contributed by atoms with E-state index in [1.165, 1.54) is 12.1 Å². The van der Waals surface area contributed by atoms with Gasteiger partial charge in [-0.2, -0.15) is 5.26 Å². The molecule has 72 valence electrons. The first-order chi connectivity index (χ1) is 6.57. The van der Waals surface area contributed by atoms with Crippen molar-refractivity contribution >= 4 is 17.3 Å². The number of nitrogens with two attached hydrogens (primary N) is 1. The third-order valence-electron chi connectivity index (χ3n) is 1.81. The summed E-state index contributed by atoms with van der Waals surface area (Å²) in [5, 5.41) is 8.55. The topological polar surface area (TPSA) is 49.8 Å². The minimum absolute atomic E-state index is 0.0559. The lowest BCUT2D eigenvalue weighted by Gasteiger charge is -2.05. The van der Waals surface area contributed by atoms with Gasteiger partial charge in [-0.05, 0) is 13.0 Å². The summed E-state index contributed by atoms with van der Waals surface area (Å²) in [6.45, 7) is 1.55. The quantitative estimate of drug-likeness (QED) is 0.725. The zero-order valence-corrected chi connectivity index (χ0v) is 8.27. The van der Waals surface area contributed by atoms with E-state index in [4.69, 9.17) is 22.6 Å². The van der Waals surface area contributed by atoms with Crippen molar-refractivity contribution in [1.29, 1.82) is 5.26 Å². The highest BCUT2D eigenvalue weighted by Gasteiger charge is 2.09. The minimum atomic E-state index is -0.544. The number of nitrogens with zero attached hydrogens (tertiary/aromatic N) is 1. The fourth-order valence-electron chi connectivity index (χ4n) is 0.974. The normalized spacial score (nSPS) is 11.9. The van der Waals surface area contributed by atoms with Gasteiger partial charge in [-0.25, -0.2) is 4.39 Å². The molecule has 1 aromatic carbocycles. The van der Waals surface area contributed by atoms with Gasteiger partial charge >= 0.3 is 0 Å². The second kappa shape index (κ2) is 4.12. The average Bonchev–Trinajstić information content (AvgIpc) is 2.20. The summed E-state index contributed by atoms with van der Waals surface area (Å²) in [5.41, 5.74) is 6.50. The number of hydrogen-bond donors (Lipinski definition) is 1. The minimum Gasteiger partial charge on any atom is -0.397 e. The molecule has 4 heteroatoms. The van der Waals surface area contributed by atoms with Gasteiger partial charge < -0.3 is 5.73 Å². The predicted molar refractivity (Wildman–Crippen MR) is 53.8 cm³/mol. The lowest BCUT2D eigenvalue weighted by atomic mass is 10.1. The van der Waals surface area contributed by atoms with Gasteiger partial charge in [0.05, 0.1) is 16.8 Å². The molecule has 0 heterocycles. The summed E-state index contributed by atoms with van der Waals surface area (Å²) in [5.74, 6) is -0.544. The van der Waals surface area contributed by atoms with Crippen LogP contribution in [-0.4, -0.2) is 0 Å². The smallest absolute Gasteiger partial charge is 0.142 e. The lowest BCUT2D eigenvalue weighted by Crippen LogP contribution is -2.00. The number of benzene rings is 1. The van der Waals surface area contributed by atoms with E-state index in [-0.39, 0.29) is 10.7 Å². The Labute approximate surface area is 86.4 Å². The second-order valence-electron chi connectivity index (χ2n) is 2.75. The standard InChI is InChI=1S/C10H8ClFN2/c1-6(5-13)10(14)7-3-2-4-8(12)9(7)11/h2-4H,14H2,1H3/b10-6-. The molecular weight excluding hydrogens is 203 g/mol. The molecule has 14 heavy (non-hydrogen) atoms. The Morgan fingerprint density at radius 1 is 1.57 bits per heavy atom. The van der Waals surface area contributed by atoms with Crippen LogP contribution in [-0.2, 0) is 0 Å². The molecule has 0 aromatic heterocycles. The van der Waals surface area contributed by atoms with Crippen LogP contribution in [0.25, 0.3) is 5.70 Å². The van der Waals surface area contributed by atoms with Crippen molar-refractivity contribution in [3.8, 4) is 6.07 Å². The highest BCUT2D eigenvalue weighted by atomic mass is 35.5. The lowest BCUT2D eigenvalue weighted by molar-refractivity contribution is 0.628. The summed E-state index contributed by atoms with van der Waals surface area (Å²) in [6, 6.07) is 6.19. The van der Waals surface area contributed by atoms with Crippen LogP contribution in [0.2, 0.25) is 5.02 Å². The molecule has 0 saturated heterocycles. The molecule has 0 aliphatic rings. The maximum atomic E-state index is 13.0. The van der Waals surface area contributed by atoms with E-state index >= 15 is 0 Å². The summed E-state index contributed by atoms with van der Waals surface area (Å²) < 4.78 is 13.0. The van der Waals surface area contributed by atoms with E-state index in [0.717, 1.165) is 0 Å². The molecule has 2 N–H and O–H groups in total. The molecule has 0 fully saturated rings. The Hall–Kier alpha value is -1.53. The van der Waals surface area contributed by atoms with E-state index in [1.807, 2.05) is 6.07 Å². The molecule has 0 aliphatic carbocycles. The van der Waals surface area contributed by atoms with Gasteiger partial charge in [0, 0.05) is 11.1 Å². The van der Waals surface area contributed by atoms with E-state index in [9.17, 15) is 4.39 Å². The van der Waals surface area contributed by atoms with Gasteiger partial charge in [-0.3, -0.25) is 0 Å². The van der Waals surface area contributed by atoms with Crippen molar-refractivity contribution in [3.05, 3.63) is 40.2 Å². The van der Waals surface area contributed by atoms with E-state index < -0.39 is 5.82 Å². The molecule has 0 spiro atoms. The second-order valence-corrected chi connectivity index (χ2v) is 3.13. The fraction of sp³-hybridized carbons (Fsp3) is 0.100. The maximum absolute atomic E-state index is 13.0. The Morgan fingerprint density at radius 3 is 2.79 bits per heavy atom. The summed E-state index contributed by atoms with van der Waals surface area (Å²) in [6.07, 6.45) is 0. The first-order valence-electron chi connectivity index (χ1n) is 3.88. The molecule has 1 rings (SSSR count). The predicted octanol–water partition coefficient (Wildman–Crippen LogP) is 2.69. The van der Waals surface area contributed by atoms with Crippen LogP contribution in [0.4, 0.5) is 4.39 Å². The molecule has 0 unspecified atom stereocenters. The molecule has 1 aromatic rings. The van der Waals surface area contributed by atoms with E-state index in [1.54, 1.807) is 13.0 Å². The third-order valence-corrected chi connectivity index (χ3v) is 2.20. The Balaban J connectivity index is 3.36. The Bertz CT molecular complexity index is 432. The van der Waals surface area contributed by atoms with Crippen LogP contribution in [0.5, 0.6) is 0 Å². The summed E-state index contributed by atoms with van der Waals surface area (Å²) in [4.78, 5) is 0. The van der Waals surface area contributed by atoms with Crippen molar-refractivity contribution in [2.24, 2.45) is 5.73 Å². The zero-order valence-electron chi connectivity index (χ0n) is 7.51. The fourth-order valence-corrected chi connectivity index (χ4v) is 1.20. The first kappa shape index (κ1) is 10.6. The van der Waals surface area contributed by atoms with Crippen LogP contribution in [0.3, 0.4) is 0 Å². The zero-order chi connectivity index (χ0) is 10.7. The molecule has 0 radical (unpaired) electrons. The number of hydrogen-bond acceptors (Lipinski definition) is 2. The highest BCUT2D eigenvalue weighted by molar-refractivity contribution is 6.32. The van der Waals surface area contributed by atoms with Gasteiger partial charge in [0.2, 0.25) is 0 Å². The van der Waals surface area contributed by atoms with Crippen molar-refractivity contribution in [3.63, 3.8) is 0 Å². The number of rotatable bonds is 1. The monoisotopic (exact) mass is 210 g/mol. The SMILES string of the molecule is C/C(C#N)=C(/N)c1cccc(F)c1Cl. The maximum Gasteiger partial charge on any atom is 0.142 e. The van der Waals surface area contributed by atoms with Crippen LogP contribution in [0, 0.1) is 17.1 Å². The third kappa shape index (κ3) is 1.86. The average molecular weight is 211 g/mol. The van der Waals surface area contributed by atoms with Crippen LogP contribution >= 0.6 is 11.6 Å². The molecule has 0 atom stereocenters. The van der Waals surface area contributed by atoms with Crippen LogP contribution in [0.1, 0.15) is 12.5 Å². The Morgan fingerprint density at radius 2 is 2.21 bits per heavy atom. The van der Waals surface area contributed by atoms with E-state index in [2.05, 4.69) is 0 Å². The number of nitriles is 1. The van der Waals surface area contributed by atoms with Gasteiger partial charge in [-0.15, -0.1) is 0 Å². The van der Waals surface area contributed by atoms with Gasteiger partial charge in [0.25, 0.3) is 0 Å².